The van der Waals surface area contributed by atoms with Gasteiger partial charge in [0.2, 0.25) is 11.8 Å². The number of primary amides is 1. The number of hydrogen-bond donors (Lipinski definition) is 2. The lowest BCUT2D eigenvalue weighted by Gasteiger charge is -2.33. The first-order chi connectivity index (χ1) is 15.6. The number of benzene rings is 4. The molecule has 158 valence electrons. The van der Waals surface area contributed by atoms with Crippen LogP contribution in [-0.2, 0) is 11.3 Å². The largest absolute Gasteiger partial charge is 0.366 e. The van der Waals surface area contributed by atoms with Crippen LogP contribution >= 0.6 is 0 Å². The van der Waals surface area contributed by atoms with Crippen molar-refractivity contribution >= 4 is 34.0 Å². The summed E-state index contributed by atoms with van der Waals surface area (Å²) in [6, 6.07) is 29.9. The lowest BCUT2D eigenvalue weighted by Crippen LogP contribution is -2.28. The summed E-state index contributed by atoms with van der Waals surface area (Å²) >= 11 is 0. The van der Waals surface area contributed by atoms with Gasteiger partial charge in [-0.3, -0.25) is 9.59 Å². The minimum atomic E-state index is -0.521. The van der Waals surface area contributed by atoms with Gasteiger partial charge in [-0.1, -0.05) is 66.7 Å². The highest BCUT2D eigenvalue weighted by Crippen LogP contribution is 2.39. The van der Waals surface area contributed by atoms with Crippen LogP contribution in [0.15, 0.2) is 91.0 Å². The van der Waals surface area contributed by atoms with E-state index in [2.05, 4.69) is 40.5 Å². The number of carbonyl (C=O) groups excluding carboxylic acids is 2. The van der Waals surface area contributed by atoms with Crippen LogP contribution < -0.4 is 16.0 Å². The fourth-order valence-corrected chi connectivity index (χ4v) is 4.40. The first-order valence-corrected chi connectivity index (χ1v) is 10.6. The van der Waals surface area contributed by atoms with E-state index in [0.717, 1.165) is 16.8 Å². The van der Waals surface area contributed by atoms with Gasteiger partial charge in [0.05, 0.1) is 23.8 Å². The van der Waals surface area contributed by atoms with Gasteiger partial charge in [-0.2, -0.15) is 0 Å². The number of nitrogens with two attached hydrogens (primary N) is 1. The molecule has 5 nitrogen and oxygen atoms in total. The minimum absolute atomic E-state index is 0.0947. The van der Waals surface area contributed by atoms with E-state index in [-0.39, 0.29) is 11.9 Å². The van der Waals surface area contributed by atoms with E-state index >= 15 is 0 Å². The fraction of sp³-hybridized carbons (Fsp3) is 0.111. The first-order valence-electron chi connectivity index (χ1n) is 10.6. The summed E-state index contributed by atoms with van der Waals surface area (Å²) in [4.78, 5) is 26.8. The number of rotatable bonds is 4. The normalized spacial score (nSPS) is 15.7. The molecule has 0 radical (unpaired) electrons. The zero-order valence-electron chi connectivity index (χ0n) is 17.5. The van der Waals surface area contributed by atoms with Gasteiger partial charge in [-0.15, -0.1) is 0 Å². The maximum atomic E-state index is 12.8. The van der Waals surface area contributed by atoms with E-state index in [1.54, 1.807) is 12.1 Å². The number of fused-ring (bicyclic) bond motifs is 2. The van der Waals surface area contributed by atoms with Crippen molar-refractivity contribution in [2.75, 3.05) is 10.2 Å². The third kappa shape index (κ3) is 3.81. The third-order valence-corrected chi connectivity index (χ3v) is 5.97. The maximum Gasteiger partial charge on any atom is 0.248 e. The van der Waals surface area contributed by atoms with Gasteiger partial charge < -0.3 is 16.0 Å². The molecule has 1 heterocycles. The van der Waals surface area contributed by atoms with Gasteiger partial charge >= 0.3 is 0 Å². The van der Waals surface area contributed by atoms with Gasteiger partial charge in [-0.05, 0) is 46.2 Å². The lowest BCUT2D eigenvalue weighted by molar-refractivity contribution is -0.116. The van der Waals surface area contributed by atoms with Crippen LogP contribution in [0.4, 0.5) is 11.4 Å². The number of amides is 2. The standard InChI is InChI=1S/C27H23N3O2/c28-27(32)22-12-13-24-23(15-22)29-26(31)16-25(20-7-2-1-3-8-20)30(24)17-18-10-11-19-6-4-5-9-21(19)14-18/h1-15,25H,16-17H2,(H2,28,32)(H,29,31). The van der Waals surface area contributed by atoms with Crippen molar-refractivity contribution in [2.45, 2.75) is 19.0 Å². The van der Waals surface area contributed by atoms with Crippen LogP contribution in [0.25, 0.3) is 10.8 Å². The molecule has 0 aliphatic carbocycles. The van der Waals surface area contributed by atoms with Crippen molar-refractivity contribution in [1.29, 1.82) is 0 Å². The summed E-state index contributed by atoms with van der Waals surface area (Å²) in [7, 11) is 0. The smallest absolute Gasteiger partial charge is 0.248 e. The van der Waals surface area contributed by atoms with Crippen LogP contribution in [0.2, 0.25) is 0 Å². The number of nitrogens with one attached hydrogen (secondary N) is 1. The predicted molar refractivity (Wildman–Crippen MR) is 128 cm³/mol. The van der Waals surface area contributed by atoms with Crippen LogP contribution in [0.3, 0.4) is 0 Å². The van der Waals surface area contributed by atoms with Gasteiger partial charge in [0.1, 0.15) is 0 Å². The zero-order valence-corrected chi connectivity index (χ0v) is 17.5. The average Bonchev–Trinajstić information content (AvgIpc) is 2.95. The van der Waals surface area contributed by atoms with E-state index in [4.69, 9.17) is 5.73 Å². The van der Waals surface area contributed by atoms with E-state index in [1.807, 2.05) is 48.5 Å². The molecule has 4 aromatic rings. The van der Waals surface area contributed by atoms with Crippen molar-refractivity contribution in [3.8, 4) is 0 Å². The van der Waals surface area contributed by atoms with Crippen molar-refractivity contribution in [3.05, 3.63) is 108 Å². The van der Waals surface area contributed by atoms with Crippen molar-refractivity contribution < 1.29 is 9.59 Å². The SMILES string of the molecule is NC(=O)c1ccc2c(c1)NC(=O)CC(c1ccccc1)N2Cc1ccc2ccccc2c1. The maximum absolute atomic E-state index is 12.8. The van der Waals surface area contributed by atoms with Crippen LogP contribution in [-0.4, -0.2) is 11.8 Å². The monoisotopic (exact) mass is 421 g/mol. The molecule has 0 fully saturated rings. The molecule has 32 heavy (non-hydrogen) atoms. The molecule has 5 rings (SSSR count). The van der Waals surface area contributed by atoms with E-state index in [1.165, 1.54) is 10.8 Å². The van der Waals surface area contributed by atoms with Gasteiger partial charge in [0, 0.05) is 12.1 Å². The molecule has 0 bridgehead atoms. The number of anilines is 2. The average molecular weight is 422 g/mol. The minimum Gasteiger partial charge on any atom is -0.366 e. The molecule has 2 amide bonds. The van der Waals surface area contributed by atoms with E-state index in [9.17, 15) is 9.59 Å². The summed E-state index contributed by atoms with van der Waals surface area (Å²) < 4.78 is 0. The highest BCUT2D eigenvalue weighted by molar-refractivity contribution is 6.00. The van der Waals surface area contributed by atoms with Gasteiger partial charge in [-0.25, -0.2) is 0 Å². The Bertz CT molecular complexity index is 1320. The Balaban J connectivity index is 1.63. The molecule has 1 aliphatic heterocycles. The van der Waals surface area contributed by atoms with E-state index < -0.39 is 5.91 Å². The van der Waals surface area contributed by atoms with Crippen LogP contribution in [0, 0.1) is 0 Å². The van der Waals surface area contributed by atoms with Crippen LogP contribution in [0.5, 0.6) is 0 Å². The Hall–Kier alpha value is -4.12. The van der Waals surface area contributed by atoms with Crippen molar-refractivity contribution in [2.24, 2.45) is 5.73 Å². The van der Waals surface area contributed by atoms with Crippen LogP contribution in [0.1, 0.15) is 33.9 Å². The summed E-state index contributed by atoms with van der Waals surface area (Å²) in [5.41, 5.74) is 9.53. The third-order valence-electron chi connectivity index (χ3n) is 5.97. The Labute approximate surface area is 186 Å². The molecule has 1 unspecified atom stereocenters. The summed E-state index contributed by atoms with van der Waals surface area (Å²) in [5, 5.41) is 5.34. The predicted octanol–water partition coefficient (Wildman–Crippen LogP) is 5.03. The molecule has 0 saturated heterocycles. The molecule has 4 aromatic carbocycles. The Morgan fingerprint density at radius 1 is 0.906 bits per heavy atom. The Morgan fingerprint density at radius 2 is 1.66 bits per heavy atom. The quantitative estimate of drug-likeness (QED) is 0.485. The van der Waals surface area contributed by atoms with Crippen molar-refractivity contribution in [1.82, 2.24) is 0 Å². The first kappa shape index (κ1) is 19.8. The molecule has 3 N–H and O–H groups in total. The van der Waals surface area contributed by atoms with Crippen molar-refractivity contribution in [3.63, 3.8) is 0 Å². The topological polar surface area (TPSA) is 75.4 Å². The second kappa shape index (κ2) is 8.19. The molecular formula is C27H23N3O2. The summed E-state index contributed by atoms with van der Waals surface area (Å²) in [6.45, 7) is 0.613. The highest BCUT2D eigenvalue weighted by Gasteiger charge is 2.30. The summed E-state index contributed by atoms with van der Waals surface area (Å²) in [6.07, 6.45) is 0.304. The molecule has 0 saturated carbocycles. The summed E-state index contributed by atoms with van der Waals surface area (Å²) in [5.74, 6) is -0.616. The van der Waals surface area contributed by atoms with Gasteiger partial charge in [0.25, 0.3) is 0 Å². The van der Waals surface area contributed by atoms with Gasteiger partial charge in [0.15, 0.2) is 0 Å². The fourth-order valence-electron chi connectivity index (χ4n) is 4.40. The van der Waals surface area contributed by atoms with E-state index in [0.29, 0.717) is 24.2 Å². The molecule has 5 heteroatoms. The Kier molecular flexibility index (Phi) is 5.07. The number of nitrogens with zero attached hydrogens (tertiary/aromatic N) is 1. The lowest BCUT2D eigenvalue weighted by atomic mass is 9.99. The zero-order chi connectivity index (χ0) is 22.1. The highest BCUT2D eigenvalue weighted by atomic mass is 16.2. The molecule has 0 aromatic heterocycles. The Morgan fingerprint density at radius 3 is 2.44 bits per heavy atom. The molecular weight excluding hydrogens is 398 g/mol. The molecule has 1 atom stereocenters. The number of hydrogen-bond acceptors (Lipinski definition) is 3. The molecule has 0 spiro atoms. The number of carbonyl (C=O) groups is 2. The second-order valence-corrected chi connectivity index (χ2v) is 8.08. The second-order valence-electron chi connectivity index (χ2n) is 8.08. The molecule has 1 aliphatic rings.